The van der Waals surface area contributed by atoms with Crippen LogP contribution in [0.2, 0.25) is 0 Å². The molecule has 1 aromatic rings. The maximum absolute atomic E-state index is 5.65. The minimum Gasteiger partial charge on any atom is -0.384 e. The maximum Gasteiger partial charge on any atom is 0.132 e. The molecule has 0 spiro atoms. The number of nitrogen functional groups attached to an aromatic ring is 1. The predicted octanol–water partition coefficient (Wildman–Crippen LogP) is 1.69. The van der Waals surface area contributed by atoms with Crippen LogP contribution in [-0.4, -0.2) is 16.5 Å². The van der Waals surface area contributed by atoms with Crippen molar-refractivity contribution in [3.8, 4) is 0 Å². The van der Waals surface area contributed by atoms with Gasteiger partial charge in [0.15, 0.2) is 0 Å². The summed E-state index contributed by atoms with van der Waals surface area (Å²) in [6.07, 6.45) is 0.807. The fraction of sp³-hybridized carbons (Fsp3) is 0.600. The van der Waals surface area contributed by atoms with Gasteiger partial charge in [-0.15, -0.1) is 0 Å². The van der Waals surface area contributed by atoms with Gasteiger partial charge in [0.05, 0.1) is 0 Å². The molecule has 0 aliphatic heterocycles. The SMILES string of the molecule is CCc1nc(N)cc(NCC(C)C)n1. The second-order valence-corrected chi connectivity index (χ2v) is 3.72. The zero-order valence-corrected chi connectivity index (χ0v) is 9.04. The average Bonchev–Trinajstić information content (AvgIpc) is 2.14. The van der Waals surface area contributed by atoms with Gasteiger partial charge in [-0.05, 0) is 5.92 Å². The van der Waals surface area contributed by atoms with Crippen LogP contribution in [0.15, 0.2) is 6.07 Å². The van der Waals surface area contributed by atoms with E-state index < -0.39 is 0 Å². The fourth-order valence-corrected chi connectivity index (χ4v) is 1.08. The van der Waals surface area contributed by atoms with E-state index in [0.29, 0.717) is 11.7 Å². The molecule has 0 aliphatic rings. The topological polar surface area (TPSA) is 63.8 Å². The summed E-state index contributed by atoms with van der Waals surface area (Å²) in [5.41, 5.74) is 5.65. The summed E-state index contributed by atoms with van der Waals surface area (Å²) in [5, 5.41) is 3.23. The van der Waals surface area contributed by atoms with Crippen LogP contribution in [0.1, 0.15) is 26.6 Å². The summed E-state index contributed by atoms with van der Waals surface area (Å²) in [5.74, 6) is 2.73. The van der Waals surface area contributed by atoms with Crippen LogP contribution in [0.25, 0.3) is 0 Å². The number of nitrogens with two attached hydrogens (primary N) is 1. The van der Waals surface area contributed by atoms with Crippen LogP contribution >= 0.6 is 0 Å². The Morgan fingerprint density at radius 2 is 2.14 bits per heavy atom. The number of nitrogens with zero attached hydrogens (tertiary/aromatic N) is 2. The summed E-state index contributed by atoms with van der Waals surface area (Å²) >= 11 is 0. The Morgan fingerprint density at radius 1 is 1.43 bits per heavy atom. The summed E-state index contributed by atoms with van der Waals surface area (Å²) in [6.45, 7) is 7.22. The third kappa shape index (κ3) is 3.20. The van der Waals surface area contributed by atoms with Gasteiger partial charge < -0.3 is 11.1 Å². The number of hydrogen-bond acceptors (Lipinski definition) is 4. The van der Waals surface area contributed by atoms with Crippen molar-refractivity contribution in [2.75, 3.05) is 17.6 Å². The van der Waals surface area contributed by atoms with E-state index in [4.69, 9.17) is 5.73 Å². The molecule has 0 saturated carbocycles. The molecular weight excluding hydrogens is 176 g/mol. The van der Waals surface area contributed by atoms with Gasteiger partial charge in [0.2, 0.25) is 0 Å². The van der Waals surface area contributed by atoms with E-state index in [-0.39, 0.29) is 0 Å². The van der Waals surface area contributed by atoms with E-state index in [9.17, 15) is 0 Å². The van der Waals surface area contributed by atoms with Gasteiger partial charge in [-0.1, -0.05) is 20.8 Å². The standard InChI is InChI=1S/C10H18N4/c1-4-9-13-8(11)5-10(14-9)12-6-7(2)3/h5,7H,4,6H2,1-3H3,(H3,11,12,13,14). The molecule has 0 unspecified atom stereocenters. The van der Waals surface area contributed by atoms with Gasteiger partial charge in [-0.2, -0.15) is 0 Å². The third-order valence-electron chi connectivity index (χ3n) is 1.80. The van der Waals surface area contributed by atoms with Gasteiger partial charge in [0.1, 0.15) is 17.5 Å². The minimum absolute atomic E-state index is 0.531. The van der Waals surface area contributed by atoms with Crippen LogP contribution in [0.4, 0.5) is 11.6 Å². The molecule has 1 aromatic heterocycles. The molecule has 0 atom stereocenters. The Labute approximate surface area is 85.0 Å². The zero-order valence-electron chi connectivity index (χ0n) is 9.04. The van der Waals surface area contributed by atoms with Crippen LogP contribution in [0, 0.1) is 5.92 Å². The number of aromatic nitrogens is 2. The highest BCUT2D eigenvalue weighted by Crippen LogP contribution is 2.09. The summed E-state index contributed by atoms with van der Waals surface area (Å²) in [6, 6.07) is 1.77. The molecule has 0 radical (unpaired) electrons. The van der Waals surface area contributed by atoms with E-state index in [1.165, 1.54) is 0 Å². The van der Waals surface area contributed by atoms with Crippen LogP contribution in [-0.2, 0) is 6.42 Å². The first kappa shape index (κ1) is 10.8. The smallest absolute Gasteiger partial charge is 0.132 e. The molecule has 4 heteroatoms. The lowest BCUT2D eigenvalue weighted by molar-refractivity contribution is 0.686. The second kappa shape index (κ2) is 4.79. The number of rotatable bonds is 4. The normalized spacial score (nSPS) is 10.6. The first-order valence-electron chi connectivity index (χ1n) is 4.99. The van der Waals surface area contributed by atoms with E-state index in [0.717, 1.165) is 24.6 Å². The van der Waals surface area contributed by atoms with Crippen molar-refractivity contribution in [3.63, 3.8) is 0 Å². The molecule has 0 aliphatic carbocycles. The Kier molecular flexibility index (Phi) is 3.68. The van der Waals surface area contributed by atoms with Crippen molar-refractivity contribution >= 4 is 11.6 Å². The molecule has 1 heterocycles. The number of hydrogen-bond donors (Lipinski definition) is 2. The van der Waals surface area contributed by atoms with Crippen molar-refractivity contribution in [1.82, 2.24) is 9.97 Å². The Balaban J connectivity index is 2.71. The molecular formula is C10H18N4. The highest BCUT2D eigenvalue weighted by Gasteiger charge is 2.01. The minimum atomic E-state index is 0.531. The first-order chi connectivity index (χ1) is 6.61. The highest BCUT2D eigenvalue weighted by molar-refractivity contribution is 5.44. The highest BCUT2D eigenvalue weighted by atomic mass is 15.0. The number of aryl methyl sites for hydroxylation is 1. The molecule has 4 nitrogen and oxygen atoms in total. The fourth-order valence-electron chi connectivity index (χ4n) is 1.08. The van der Waals surface area contributed by atoms with Gasteiger partial charge in [0, 0.05) is 19.0 Å². The zero-order chi connectivity index (χ0) is 10.6. The lowest BCUT2D eigenvalue weighted by atomic mass is 10.2. The summed E-state index contributed by atoms with van der Waals surface area (Å²) in [7, 11) is 0. The van der Waals surface area contributed by atoms with Crippen LogP contribution in [0.3, 0.4) is 0 Å². The van der Waals surface area contributed by atoms with Crippen molar-refractivity contribution in [2.45, 2.75) is 27.2 Å². The van der Waals surface area contributed by atoms with E-state index in [1.807, 2.05) is 6.92 Å². The maximum atomic E-state index is 5.65. The van der Waals surface area contributed by atoms with E-state index in [1.54, 1.807) is 6.07 Å². The quantitative estimate of drug-likeness (QED) is 0.765. The van der Waals surface area contributed by atoms with E-state index >= 15 is 0 Å². The second-order valence-electron chi connectivity index (χ2n) is 3.72. The largest absolute Gasteiger partial charge is 0.384 e. The number of anilines is 2. The van der Waals surface area contributed by atoms with Crippen molar-refractivity contribution < 1.29 is 0 Å². The lowest BCUT2D eigenvalue weighted by Gasteiger charge is -2.09. The van der Waals surface area contributed by atoms with Crippen molar-refractivity contribution in [2.24, 2.45) is 5.92 Å². The molecule has 14 heavy (non-hydrogen) atoms. The van der Waals surface area contributed by atoms with Crippen molar-refractivity contribution in [1.29, 1.82) is 0 Å². The van der Waals surface area contributed by atoms with Gasteiger partial charge in [-0.25, -0.2) is 9.97 Å². The van der Waals surface area contributed by atoms with E-state index in [2.05, 4.69) is 29.1 Å². The first-order valence-corrected chi connectivity index (χ1v) is 4.99. The van der Waals surface area contributed by atoms with Gasteiger partial charge in [0.25, 0.3) is 0 Å². The third-order valence-corrected chi connectivity index (χ3v) is 1.80. The molecule has 0 aromatic carbocycles. The predicted molar refractivity (Wildman–Crippen MR) is 59.2 cm³/mol. The average molecular weight is 194 g/mol. The summed E-state index contributed by atoms with van der Waals surface area (Å²) in [4.78, 5) is 8.43. The molecule has 0 fully saturated rings. The monoisotopic (exact) mass is 194 g/mol. The van der Waals surface area contributed by atoms with Crippen molar-refractivity contribution in [3.05, 3.63) is 11.9 Å². The van der Waals surface area contributed by atoms with Gasteiger partial charge in [-0.3, -0.25) is 0 Å². The molecule has 0 amide bonds. The number of nitrogens with one attached hydrogen (secondary N) is 1. The summed E-state index contributed by atoms with van der Waals surface area (Å²) < 4.78 is 0. The molecule has 1 rings (SSSR count). The lowest BCUT2D eigenvalue weighted by Crippen LogP contribution is -2.11. The van der Waals surface area contributed by atoms with Gasteiger partial charge >= 0.3 is 0 Å². The Hall–Kier alpha value is -1.32. The molecule has 78 valence electrons. The van der Waals surface area contributed by atoms with Crippen LogP contribution in [0.5, 0.6) is 0 Å². The Morgan fingerprint density at radius 3 is 2.71 bits per heavy atom. The molecule has 3 N–H and O–H groups in total. The Bertz CT molecular complexity index is 296. The van der Waals surface area contributed by atoms with Crippen LogP contribution < -0.4 is 11.1 Å². The molecule has 0 bridgehead atoms. The molecule has 0 saturated heterocycles.